The van der Waals surface area contributed by atoms with Crippen LogP contribution in [0.2, 0.25) is 0 Å². The van der Waals surface area contributed by atoms with Gasteiger partial charge in [0, 0.05) is 12.8 Å². The number of hydrogen-bond donors (Lipinski definition) is 1. The lowest BCUT2D eigenvalue weighted by molar-refractivity contribution is -0.143. The molecule has 5 nitrogen and oxygen atoms in total. The zero-order valence-electron chi connectivity index (χ0n) is 13.3. The Bertz CT molecular complexity index is 593. The molecule has 124 valence electrons. The fourth-order valence-corrected chi connectivity index (χ4v) is 2.92. The quantitative estimate of drug-likeness (QED) is 0.610. The molecule has 0 radical (unpaired) electrons. The number of ketones is 2. The number of aliphatic hydroxyl groups is 1. The van der Waals surface area contributed by atoms with E-state index in [-0.39, 0.29) is 24.0 Å². The second kappa shape index (κ2) is 8.02. The Morgan fingerprint density at radius 3 is 2.57 bits per heavy atom. The van der Waals surface area contributed by atoms with Gasteiger partial charge in [-0.05, 0) is 37.3 Å². The van der Waals surface area contributed by atoms with Crippen molar-refractivity contribution in [2.24, 2.45) is 5.92 Å². The lowest BCUT2D eigenvalue weighted by Gasteiger charge is -2.12. The molecule has 2 atom stereocenters. The van der Waals surface area contributed by atoms with Gasteiger partial charge in [0.05, 0.1) is 12.5 Å². The Morgan fingerprint density at radius 1 is 1.26 bits per heavy atom. The smallest absolute Gasteiger partial charge is 0.305 e. The molecule has 1 saturated carbocycles. The van der Waals surface area contributed by atoms with Crippen LogP contribution in [0.25, 0.3) is 0 Å². The van der Waals surface area contributed by atoms with Crippen LogP contribution in [0.15, 0.2) is 24.3 Å². The first-order valence-electron chi connectivity index (χ1n) is 7.99. The predicted octanol–water partition coefficient (Wildman–Crippen LogP) is 1.63. The highest BCUT2D eigenvalue weighted by molar-refractivity contribution is 6.11. The molecule has 2 unspecified atom stereocenters. The van der Waals surface area contributed by atoms with Gasteiger partial charge in [-0.2, -0.15) is 0 Å². The fraction of sp³-hybridized carbons (Fsp3) is 0.500. The second-order valence-corrected chi connectivity index (χ2v) is 5.77. The van der Waals surface area contributed by atoms with Crippen molar-refractivity contribution < 1.29 is 24.2 Å². The van der Waals surface area contributed by atoms with Crippen LogP contribution in [-0.4, -0.2) is 35.4 Å². The van der Waals surface area contributed by atoms with E-state index in [2.05, 4.69) is 0 Å². The van der Waals surface area contributed by atoms with Crippen molar-refractivity contribution in [3.63, 3.8) is 0 Å². The van der Waals surface area contributed by atoms with Gasteiger partial charge in [-0.1, -0.05) is 24.3 Å². The summed E-state index contributed by atoms with van der Waals surface area (Å²) in [5.41, 5.74) is 1.95. The van der Waals surface area contributed by atoms with Gasteiger partial charge in [0.15, 0.2) is 5.78 Å². The number of benzene rings is 1. The Kier molecular flexibility index (Phi) is 6.04. The molecule has 0 saturated heterocycles. The van der Waals surface area contributed by atoms with E-state index in [1.165, 1.54) is 0 Å². The van der Waals surface area contributed by atoms with Gasteiger partial charge in [-0.3, -0.25) is 14.4 Å². The summed E-state index contributed by atoms with van der Waals surface area (Å²) < 4.78 is 4.90. The van der Waals surface area contributed by atoms with E-state index in [4.69, 9.17) is 4.74 Å². The van der Waals surface area contributed by atoms with Crippen LogP contribution in [-0.2, 0) is 32.0 Å². The summed E-state index contributed by atoms with van der Waals surface area (Å²) in [5.74, 6) is -1.52. The molecule has 1 aromatic carbocycles. The molecule has 1 fully saturated rings. The van der Waals surface area contributed by atoms with Crippen molar-refractivity contribution in [3.05, 3.63) is 35.4 Å². The van der Waals surface area contributed by atoms with Gasteiger partial charge < -0.3 is 9.84 Å². The van der Waals surface area contributed by atoms with E-state index >= 15 is 0 Å². The maximum atomic E-state index is 11.9. The summed E-state index contributed by atoms with van der Waals surface area (Å²) >= 11 is 0. The summed E-state index contributed by atoms with van der Waals surface area (Å²) in [6.07, 6.45) is 0.794. The fourth-order valence-electron chi connectivity index (χ4n) is 2.92. The van der Waals surface area contributed by atoms with Crippen LogP contribution in [0.5, 0.6) is 0 Å². The molecule has 0 bridgehead atoms. The summed E-state index contributed by atoms with van der Waals surface area (Å²) in [6.45, 7) is 2.15. The zero-order valence-corrected chi connectivity index (χ0v) is 13.3. The van der Waals surface area contributed by atoms with E-state index in [1.54, 1.807) is 6.92 Å². The van der Waals surface area contributed by atoms with Crippen molar-refractivity contribution in [3.8, 4) is 0 Å². The Hall–Kier alpha value is -2.01. The highest BCUT2D eigenvalue weighted by atomic mass is 16.5. The molecule has 5 heteroatoms. The Morgan fingerprint density at radius 2 is 1.96 bits per heavy atom. The SMILES string of the molecule is CCOC(=O)CCCc1ccccc1CC1C(=O)CC(O)C1=O. The number of carbonyl (C=O) groups is 3. The van der Waals surface area contributed by atoms with Crippen molar-refractivity contribution in [1.29, 1.82) is 0 Å². The van der Waals surface area contributed by atoms with Gasteiger partial charge in [0.25, 0.3) is 0 Å². The van der Waals surface area contributed by atoms with Crippen LogP contribution >= 0.6 is 0 Å². The average molecular weight is 318 g/mol. The van der Waals surface area contributed by atoms with Crippen LogP contribution in [0.4, 0.5) is 0 Å². The van der Waals surface area contributed by atoms with Gasteiger partial charge >= 0.3 is 5.97 Å². The lowest BCUT2D eigenvalue weighted by Crippen LogP contribution is -2.22. The van der Waals surface area contributed by atoms with Gasteiger partial charge in [-0.25, -0.2) is 0 Å². The topological polar surface area (TPSA) is 80.7 Å². The van der Waals surface area contributed by atoms with E-state index in [9.17, 15) is 19.5 Å². The van der Waals surface area contributed by atoms with E-state index in [0.29, 0.717) is 32.3 Å². The number of rotatable bonds is 7. The minimum absolute atomic E-state index is 0.0749. The normalized spacial score (nSPS) is 20.8. The number of hydrogen-bond acceptors (Lipinski definition) is 5. The van der Waals surface area contributed by atoms with E-state index in [1.807, 2.05) is 24.3 Å². The molecule has 0 heterocycles. The van der Waals surface area contributed by atoms with E-state index in [0.717, 1.165) is 11.1 Å². The third-order valence-electron chi connectivity index (χ3n) is 4.13. The molecule has 0 amide bonds. The number of ether oxygens (including phenoxy) is 1. The minimum Gasteiger partial charge on any atom is -0.466 e. The first kappa shape index (κ1) is 17.3. The maximum Gasteiger partial charge on any atom is 0.305 e. The highest BCUT2D eigenvalue weighted by Crippen LogP contribution is 2.24. The lowest BCUT2D eigenvalue weighted by atomic mass is 9.91. The second-order valence-electron chi connectivity index (χ2n) is 5.77. The molecule has 1 N–H and O–H groups in total. The first-order valence-corrected chi connectivity index (χ1v) is 7.99. The predicted molar refractivity (Wildman–Crippen MR) is 83.8 cm³/mol. The maximum absolute atomic E-state index is 11.9. The first-order chi connectivity index (χ1) is 11.0. The van der Waals surface area contributed by atoms with Crippen LogP contribution in [0, 0.1) is 5.92 Å². The Balaban J connectivity index is 1.99. The van der Waals surface area contributed by atoms with Crippen molar-refractivity contribution in [2.75, 3.05) is 6.61 Å². The van der Waals surface area contributed by atoms with Gasteiger partial charge in [0.2, 0.25) is 0 Å². The standard InChI is InChI=1S/C18H22O5/c1-2-23-17(21)9-5-8-12-6-3-4-7-13(12)10-14-15(19)11-16(20)18(14)22/h3-4,6-7,14,16,20H,2,5,8-11H2,1H3. The number of Topliss-reactive ketones (excluding diaryl/α,β-unsaturated/α-hetero) is 2. The number of aryl methyl sites for hydroxylation is 1. The number of esters is 1. The molecule has 23 heavy (non-hydrogen) atoms. The molecular weight excluding hydrogens is 296 g/mol. The number of aliphatic hydroxyl groups excluding tert-OH is 1. The van der Waals surface area contributed by atoms with Crippen LogP contribution in [0.3, 0.4) is 0 Å². The summed E-state index contributed by atoms with van der Waals surface area (Å²) in [5, 5.41) is 9.52. The average Bonchev–Trinajstić information content (AvgIpc) is 2.75. The van der Waals surface area contributed by atoms with Gasteiger partial charge in [0.1, 0.15) is 11.9 Å². The molecule has 0 aromatic heterocycles. The van der Waals surface area contributed by atoms with Crippen LogP contribution < -0.4 is 0 Å². The van der Waals surface area contributed by atoms with Crippen molar-refractivity contribution in [1.82, 2.24) is 0 Å². The highest BCUT2D eigenvalue weighted by Gasteiger charge is 2.40. The molecule has 0 aliphatic heterocycles. The molecule has 0 spiro atoms. The van der Waals surface area contributed by atoms with Crippen molar-refractivity contribution >= 4 is 17.5 Å². The molecular formula is C18H22O5. The third-order valence-corrected chi connectivity index (χ3v) is 4.13. The molecule has 1 aromatic rings. The van der Waals surface area contributed by atoms with Gasteiger partial charge in [-0.15, -0.1) is 0 Å². The summed E-state index contributed by atoms with van der Waals surface area (Å²) in [4.78, 5) is 35.1. The Labute approximate surface area is 135 Å². The summed E-state index contributed by atoms with van der Waals surface area (Å²) in [7, 11) is 0. The molecule has 1 aliphatic rings. The van der Waals surface area contributed by atoms with Crippen molar-refractivity contribution in [2.45, 2.75) is 45.1 Å². The summed E-state index contributed by atoms with van der Waals surface area (Å²) in [6, 6.07) is 7.60. The number of carbonyl (C=O) groups excluding carboxylic acids is 3. The van der Waals surface area contributed by atoms with E-state index < -0.39 is 12.0 Å². The third kappa shape index (κ3) is 4.48. The zero-order chi connectivity index (χ0) is 16.8. The largest absolute Gasteiger partial charge is 0.466 e. The molecule has 1 aliphatic carbocycles. The minimum atomic E-state index is -1.15. The molecule has 2 rings (SSSR count). The monoisotopic (exact) mass is 318 g/mol. The van der Waals surface area contributed by atoms with Crippen LogP contribution in [0.1, 0.15) is 37.3 Å².